The predicted octanol–water partition coefficient (Wildman–Crippen LogP) is 5.42. The molecule has 0 spiro atoms. The molecule has 0 aromatic rings. The van der Waals surface area contributed by atoms with E-state index in [4.69, 9.17) is 0 Å². The first-order valence-corrected chi connectivity index (χ1v) is 8.48. The Kier molecular flexibility index (Phi) is 15.8. The van der Waals surface area contributed by atoms with Crippen molar-refractivity contribution >= 4 is 5.97 Å². The fourth-order valence-corrected chi connectivity index (χ4v) is 2.02. The van der Waals surface area contributed by atoms with Crippen LogP contribution in [-0.4, -0.2) is 13.1 Å². The van der Waals surface area contributed by atoms with Crippen LogP contribution in [-0.2, 0) is 9.53 Å². The van der Waals surface area contributed by atoms with Gasteiger partial charge in [-0.05, 0) is 32.1 Å². The molecule has 21 heavy (non-hydrogen) atoms. The zero-order valence-electron chi connectivity index (χ0n) is 14.0. The van der Waals surface area contributed by atoms with Crippen molar-refractivity contribution in [3.05, 3.63) is 12.2 Å². The van der Waals surface area contributed by atoms with E-state index in [1.165, 1.54) is 39.2 Å². The van der Waals surface area contributed by atoms with E-state index in [-0.39, 0.29) is 5.97 Å². The molecule has 0 aliphatic heterocycles. The topological polar surface area (TPSA) is 26.3 Å². The van der Waals surface area contributed by atoms with Crippen molar-refractivity contribution < 1.29 is 9.53 Å². The van der Waals surface area contributed by atoms with E-state index in [9.17, 15) is 4.79 Å². The second-order valence-corrected chi connectivity index (χ2v) is 5.35. The summed E-state index contributed by atoms with van der Waals surface area (Å²) >= 11 is 0. The molecule has 0 fully saturated rings. The van der Waals surface area contributed by atoms with Gasteiger partial charge in [0.15, 0.2) is 0 Å². The predicted molar refractivity (Wildman–Crippen MR) is 90.0 cm³/mol. The number of allylic oxidation sites excluding steroid dienone is 2. The van der Waals surface area contributed by atoms with Gasteiger partial charge < -0.3 is 4.74 Å². The van der Waals surface area contributed by atoms with Crippen molar-refractivity contribution in [2.24, 2.45) is 0 Å². The van der Waals surface area contributed by atoms with Crippen LogP contribution in [0.4, 0.5) is 0 Å². The van der Waals surface area contributed by atoms with E-state index in [0.717, 1.165) is 38.5 Å². The summed E-state index contributed by atoms with van der Waals surface area (Å²) in [5, 5.41) is 0. The molecular formula is C19H32O2. The van der Waals surface area contributed by atoms with Crippen LogP contribution in [0.25, 0.3) is 0 Å². The maximum absolute atomic E-state index is 10.9. The smallest absolute Gasteiger partial charge is 0.305 e. The molecule has 2 heteroatoms. The molecule has 0 bridgehead atoms. The number of rotatable bonds is 12. The van der Waals surface area contributed by atoms with Crippen molar-refractivity contribution in [1.82, 2.24) is 0 Å². The molecule has 0 saturated carbocycles. The molecule has 0 N–H and O–H groups in total. The van der Waals surface area contributed by atoms with Crippen LogP contribution in [0.3, 0.4) is 0 Å². The van der Waals surface area contributed by atoms with Crippen LogP contribution in [0.5, 0.6) is 0 Å². The third-order valence-corrected chi connectivity index (χ3v) is 3.36. The van der Waals surface area contributed by atoms with Gasteiger partial charge in [0.2, 0.25) is 0 Å². The Balaban J connectivity index is 3.24. The SMILES string of the molecule is CCCCCC#CCC/C=C/CCCCCCC(=O)OC. The lowest BCUT2D eigenvalue weighted by Gasteiger charge is -1.99. The van der Waals surface area contributed by atoms with Gasteiger partial charge in [-0.3, -0.25) is 4.79 Å². The molecule has 0 unspecified atom stereocenters. The molecule has 0 aromatic carbocycles. The second-order valence-electron chi connectivity index (χ2n) is 5.35. The average molecular weight is 292 g/mol. The minimum absolute atomic E-state index is 0.0919. The highest BCUT2D eigenvalue weighted by Gasteiger charge is 1.98. The maximum atomic E-state index is 10.9. The van der Waals surface area contributed by atoms with Crippen molar-refractivity contribution in [2.75, 3.05) is 7.11 Å². The van der Waals surface area contributed by atoms with E-state index < -0.39 is 0 Å². The molecule has 0 heterocycles. The number of methoxy groups -OCH3 is 1. The van der Waals surface area contributed by atoms with Gasteiger partial charge in [-0.1, -0.05) is 44.8 Å². The maximum Gasteiger partial charge on any atom is 0.305 e. The highest BCUT2D eigenvalue weighted by Crippen LogP contribution is 2.07. The zero-order chi connectivity index (χ0) is 15.6. The largest absolute Gasteiger partial charge is 0.469 e. The lowest BCUT2D eigenvalue weighted by Crippen LogP contribution is -1.98. The van der Waals surface area contributed by atoms with E-state index in [2.05, 4.69) is 35.7 Å². The van der Waals surface area contributed by atoms with Gasteiger partial charge in [-0.25, -0.2) is 0 Å². The summed E-state index contributed by atoms with van der Waals surface area (Å²) in [6, 6.07) is 0. The summed E-state index contributed by atoms with van der Waals surface area (Å²) in [5.41, 5.74) is 0. The number of esters is 1. The Labute approximate surface area is 131 Å². The van der Waals surface area contributed by atoms with Gasteiger partial charge in [0, 0.05) is 19.3 Å². The van der Waals surface area contributed by atoms with Crippen LogP contribution >= 0.6 is 0 Å². The van der Waals surface area contributed by atoms with Crippen molar-refractivity contribution in [3.63, 3.8) is 0 Å². The fraction of sp³-hybridized carbons (Fsp3) is 0.737. The Hall–Kier alpha value is -1.23. The summed E-state index contributed by atoms with van der Waals surface area (Å²) in [7, 11) is 1.45. The number of carbonyl (C=O) groups excluding carboxylic acids is 1. The second kappa shape index (κ2) is 16.8. The van der Waals surface area contributed by atoms with Crippen LogP contribution in [0.1, 0.15) is 84.0 Å². The summed E-state index contributed by atoms with van der Waals surface area (Å²) < 4.78 is 4.61. The standard InChI is InChI=1S/C19H32O2/c1-3-4-5-6-7-8-9-10-11-12-13-14-15-16-17-18-19(20)21-2/h11-12H,3-6,9-10,13-18H2,1-2H3/b12-11+. The van der Waals surface area contributed by atoms with E-state index >= 15 is 0 Å². The first-order chi connectivity index (χ1) is 10.3. The van der Waals surface area contributed by atoms with Crippen molar-refractivity contribution in [2.45, 2.75) is 84.0 Å². The minimum atomic E-state index is -0.0919. The van der Waals surface area contributed by atoms with Crippen LogP contribution in [0.15, 0.2) is 12.2 Å². The fourth-order valence-electron chi connectivity index (χ4n) is 2.02. The quantitative estimate of drug-likeness (QED) is 0.208. The Bertz CT molecular complexity index is 320. The van der Waals surface area contributed by atoms with E-state index in [0.29, 0.717) is 6.42 Å². The van der Waals surface area contributed by atoms with Crippen molar-refractivity contribution in [3.8, 4) is 11.8 Å². The van der Waals surface area contributed by atoms with Gasteiger partial charge in [0.1, 0.15) is 0 Å². The first-order valence-electron chi connectivity index (χ1n) is 8.48. The lowest BCUT2D eigenvalue weighted by atomic mass is 10.1. The van der Waals surface area contributed by atoms with Gasteiger partial charge in [-0.15, -0.1) is 11.8 Å². The Morgan fingerprint density at radius 3 is 2.38 bits per heavy atom. The first kappa shape index (κ1) is 19.8. The summed E-state index contributed by atoms with van der Waals surface area (Å²) in [6.07, 6.45) is 17.6. The minimum Gasteiger partial charge on any atom is -0.469 e. The van der Waals surface area contributed by atoms with E-state index in [1.54, 1.807) is 0 Å². The molecule has 2 nitrogen and oxygen atoms in total. The molecular weight excluding hydrogens is 260 g/mol. The zero-order valence-corrected chi connectivity index (χ0v) is 14.0. The van der Waals surface area contributed by atoms with Gasteiger partial charge in [0.25, 0.3) is 0 Å². The molecule has 0 aromatic heterocycles. The molecule has 0 amide bonds. The number of hydrogen-bond acceptors (Lipinski definition) is 2. The Morgan fingerprint density at radius 2 is 1.62 bits per heavy atom. The lowest BCUT2D eigenvalue weighted by molar-refractivity contribution is -0.140. The Morgan fingerprint density at radius 1 is 0.905 bits per heavy atom. The molecule has 0 rings (SSSR count). The third-order valence-electron chi connectivity index (χ3n) is 3.36. The number of hydrogen-bond donors (Lipinski definition) is 0. The summed E-state index contributed by atoms with van der Waals surface area (Å²) in [5.74, 6) is 6.38. The molecule has 0 saturated heterocycles. The van der Waals surface area contributed by atoms with Crippen molar-refractivity contribution in [1.29, 1.82) is 0 Å². The molecule has 0 atom stereocenters. The average Bonchev–Trinajstić information content (AvgIpc) is 2.50. The van der Waals surface area contributed by atoms with Gasteiger partial charge in [-0.2, -0.15) is 0 Å². The third kappa shape index (κ3) is 16.7. The summed E-state index contributed by atoms with van der Waals surface area (Å²) in [4.78, 5) is 10.9. The van der Waals surface area contributed by atoms with Gasteiger partial charge in [0.05, 0.1) is 7.11 Å². The van der Waals surface area contributed by atoms with Crippen LogP contribution < -0.4 is 0 Å². The monoisotopic (exact) mass is 292 g/mol. The number of carbonyl (C=O) groups is 1. The van der Waals surface area contributed by atoms with E-state index in [1.807, 2.05) is 0 Å². The van der Waals surface area contributed by atoms with Gasteiger partial charge >= 0.3 is 5.97 Å². The molecule has 0 aliphatic carbocycles. The highest BCUT2D eigenvalue weighted by atomic mass is 16.5. The van der Waals surface area contributed by atoms with Crippen LogP contribution in [0.2, 0.25) is 0 Å². The molecule has 0 aliphatic rings. The number of ether oxygens (including phenoxy) is 1. The summed E-state index contributed by atoms with van der Waals surface area (Å²) in [6.45, 7) is 2.22. The number of unbranched alkanes of at least 4 members (excludes halogenated alkanes) is 8. The van der Waals surface area contributed by atoms with Crippen LogP contribution in [0, 0.1) is 11.8 Å². The normalized spacial score (nSPS) is 10.4. The molecule has 120 valence electrons. The highest BCUT2D eigenvalue weighted by molar-refractivity contribution is 5.68. The molecule has 0 radical (unpaired) electrons.